The number of carbonyl (C=O) groups excluding carboxylic acids is 2. The summed E-state index contributed by atoms with van der Waals surface area (Å²) in [5, 5.41) is 3.04. The van der Waals surface area contributed by atoms with Gasteiger partial charge in [-0.15, -0.1) is 0 Å². The number of rotatable bonds is 5. The third kappa shape index (κ3) is 4.49. The second-order valence-electron chi connectivity index (χ2n) is 6.66. The van der Waals surface area contributed by atoms with Gasteiger partial charge >= 0.3 is 5.97 Å². The van der Waals surface area contributed by atoms with Crippen molar-refractivity contribution in [1.82, 2.24) is 5.32 Å². The number of nitrogens with one attached hydrogen (secondary N) is 1. The number of amides is 1. The fourth-order valence-corrected chi connectivity index (χ4v) is 3.10. The van der Waals surface area contributed by atoms with Crippen LogP contribution >= 0.6 is 0 Å². The Kier molecular flexibility index (Phi) is 6.23. The molecule has 4 atom stereocenters. The number of carbonyl (C=O) groups is 2. The van der Waals surface area contributed by atoms with Gasteiger partial charge in [0.25, 0.3) is 5.91 Å². The molecule has 1 N–H and O–H groups in total. The van der Waals surface area contributed by atoms with Crippen LogP contribution in [-0.4, -0.2) is 31.1 Å². The van der Waals surface area contributed by atoms with Gasteiger partial charge in [-0.2, -0.15) is 0 Å². The first-order valence-corrected chi connectivity index (χ1v) is 8.57. The van der Waals surface area contributed by atoms with E-state index in [0.717, 1.165) is 12.8 Å². The summed E-state index contributed by atoms with van der Waals surface area (Å²) in [5.41, 5.74) is 0.398. The lowest BCUT2D eigenvalue weighted by Crippen LogP contribution is -2.47. The molecule has 0 aliphatic heterocycles. The van der Waals surface area contributed by atoms with E-state index in [2.05, 4.69) is 19.2 Å². The molecule has 0 unspecified atom stereocenters. The maximum absolute atomic E-state index is 12.3. The standard InChI is InChI=1S/C19H27NO4/c1-12-6-5-7-17(13(12)2)20-18(21)14(3)24-19(22)15-8-10-16(23-4)11-9-15/h8-14,17H,5-7H2,1-4H3,(H,20,21)/t12-,13+,14+,17+/m0/s1. The number of hydrogen-bond donors (Lipinski definition) is 1. The van der Waals surface area contributed by atoms with Crippen LogP contribution in [0.2, 0.25) is 0 Å². The van der Waals surface area contributed by atoms with Crippen LogP contribution in [0.4, 0.5) is 0 Å². The number of benzene rings is 1. The number of esters is 1. The maximum atomic E-state index is 12.3. The van der Waals surface area contributed by atoms with Crippen LogP contribution in [0.1, 0.15) is 50.4 Å². The molecular formula is C19H27NO4. The lowest BCUT2D eigenvalue weighted by atomic mass is 9.78. The highest BCUT2D eigenvalue weighted by Crippen LogP contribution is 2.29. The second-order valence-corrected chi connectivity index (χ2v) is 6.66. The second kappa shape index (κ2) is 8.18. The molecule has 1 fully saturated rings. The zero-order valence-corrected chi connectivity index (χ0v) is 14.9. The normalized spacial score (nSPS) is 24.8. The molecule has 0 spiro atoms. The molecule has 24 heavy (non-hydrogen) atoms. The van der Waals surface area contributed by atoms with Crippen molar-refractivity contribution in [3.63, 3.8) is 0 Å². The highest BCUT2D eigenvalue weighted by molar-refractivity contribution is 5.92. The molecule has 1 saturated carbocycles. The Labute approximate surface area is 143 Å². The quantitative estimate of drug-likeness (QED) is 0.841. The van der Waals surface area contributed by atoms with E-state index in [-0.39, 0.29) is 11.9 Å². The largest absolute Gasteiger partial charge is 0.497 e. The van der Waals surface area contributed by atoms with E-state index in [4.69, 9.17) is 9.47 Å². The number of hydrogen-bond acceptors (Lipinski definition) is 4. The molecule has 0 saturated heterocycles. The van der Waals surface area contributed by atoms with Gasteiger partial charge in [-0.05, 0) is 49.4 Å². The van der Waals surface area contributed by atoms with Gasteiger partial charge in [-0.25, -0.2) is 4.79 Å². The molecule has 0 bridgehead atoms. The summed E-state index contributed by atoms with van der Waals surface area (Å²) in [6.07, 6.45) is 2.49. The Morgan fingerprint density at radius 1 is 1.17 bits per heavy atom. The van der Waals surface area contributed by atoms with Gasteiger partial charge in [-0.1, -0.05) is 26.7 Å². The Balaban J connectivity index is 1.89. The first-order valence-electron chi connectivity index (χ1n) is 8.57. The molecule has 5 heteroatoms. The molecule has 2 rings (SSSR count). The third-order valence-corrected chi connectivity index (χ3v) is 5.01. The molecule has 0 radical (unpaired) electrons. The van der Waals surface area contributed by atoms with Gasteiger partial charge in [0.05, 0.1) is 12.7 Å². The van der Waals surface area contributed by atoms with Crippen LogP contribution < -0.4 is 10.1 Å². The van der Waals surface area contributed by atoms with Crippen LogP contribution in [0.15, 0.2) is 24.3 Å². The number of methoxy groups -OCH3 is 1. The molecule has 1 aromatic rings. The van der Waals surface area contributed by atoms with Crippen molar-refractivity contribution >= 4 is 11.9 Å². The lowest BCUT2D eigenvalue weighted by molar-refractivity contribution is -0.130. The van der Waals surface area contributed by atoms with Crippen molar-refractivity contribution in [1.29, 1.82) is 0 Å². The zero-order valence-electron chi connectivity index (χ0n) is 14.9. The van der Waals surface area contributed by atoms with E-state index in [1.165, 1.54) is 6.42 Å². The van der Waals surface area contributed by atoms with Crippen LogP contribution in [0.25, 0.3) is 0 Å². The van der Waals surface area contributed by atoms with E-state index in [0.29, 0.717) is 23.1 Å². The average molecular weight is 333 g/mol. The van der Waals surface area contributed by atoms with Crippen molar-refractivity contribution in [3.8, 4) is 5.75 Å². The van der Waals surface area contributed by atoms with E-state index < -0.39 is 12.1 Å². The Morgan fingerprint density at radius 2 is 1.83 bits per heavy atom. The van der Waals surface area contributed by atoms with Crippen LogP contribution in [0.5, 0.6) is 5.75 Å². The number of ether oxygens (including phenoxy) is 2. The van der Waals surface area contributed by atoms with Crippen molar-refractivity contribution in [3.05, 3.63) is 29.8 Å². The van der Waals surface area contributed by atoms with Crippen LogP contribution in [0.3, 0.4) is 0 Å². The minimum Gasteiger partial charge on any atom is -0.497 e. The minimum absolute atomic E-state index is 0.156. The van der Waals surface area contributed by atoms with Crippen molar-refractivity contribution in [2.45, 2.75) is 52.2 Å². The summed E-state index contributed by atoms with van der Waals surface area (Å²) in [6.45, 7) is 5.99. The summed E-state index contributed by atoms with van der Waals surface area (Å²) in [6, 6.07) is 6.77. The predicted molar refractivity (Wildman–Crippen MR) is 92.0 cm³/mol. The fourth-order valence-electron chi connectivity index (χ4n) is 3.10. The minimum atomic E-state index is -0.816. The summed E-state index contributed by atoms with van der Waals surface area (Å²) < 4.78 is 10.3. The summed E-state index contributed by atoms with van der Waals surface area (Å²) in [5.74, 6) is 0.958. The predicted octanol–water partition coefficient (Wildman–Crippen LogP) is 3.18. The molecule has 5 nitrogen and oxygen atoms in total. The maximum Gasteiger partial charge on any atom is 0.338 e. The van der Waals surface area contributed by atoms with E-state index in [1.54, 1.807) is 38.3 Å². The monoisotopic (exact) mass is 333 g/mol. The Hall–Kier alpha value is -2.04. The molecular weight excluding hydrogens is 306 g/mol. The van der Waals surface area contributed by atoms with Crippen molar-refractivity contribution in [2.75, 3.05) is 7.11 Å². The van der Waals surface area contributed by atoms with Crippen LogP contribution in [0, 0.1) is 11.8 Å². The molecule has 1 aliphatic carbocycles. The molecule has 1 aliphatic rings. The fraction of sp³-hybridized carbons (Fsp3) is 0.579. The van der Waals surface area contributed by atoms with E-state index in [9.17, 15) is 9.59 Å². The van der Waals surface area contributed by atoms with E-state index >= 15 is 0 Å². The van der Waals surface area contributed by atoms with Crippen molar-refractivity contribution < 1.29 is 19.1 Å². The topological polar surface area (TPSA) is 64.6 Å². The van der Waals surface area contributed by atoms with Gasteiger partial charge in [0.1, 0.15) is 5.75 Å². The lowest BCUT2D eigenvalue weighted by Gasteiger charge is -2.35. The SMILES string of the molecule is COc1ccc(C(=O)O[C@H](C)C(=O)N[C@@H]2CCC[C@H](C)[C@H]2C)cc1. The zero-order chi connectivity index (χ0) is 17.7. The summed E-state index contributed by atoms with van der Waals surface area (Å²) in [4.78, 5) is 24.4. The smallest absolute Gasteiger partial charge is 0.338 e. The third-order valence-electron chi connectivity index (χ3n) is 5.01. The van der Waals surface area contributed by atoms with Gasteiger partial charge in [-0.3, -0.25) is 4.79 Å². The summed E-state index contributed by atoms with van der Waals surface area (Å²) in [7, 11) is 1.56. The van der Waals surface area contributed by atoms with Gasteiger partial charge in [0.2, 0.25) is 0 Å². The highest BCUT2D eigenvalue weighted by Gasteiger charge is 2.30. The van der Waals surface area contributed by atoms with Gasteiger partial charge in [0, 0.05) is 6.04 Å². The van der Waals surface area contributed by atoms with Gasteiger partial charge < -0.3 is 14.8 Å². The first kappa shape index (κ1) is 18.3. The Bertz CT molecular complexity index is 569. The molecule has 1 aromatic carbocycles. The molecule has 1 amide bonds. The Morgan fingerprint density at radius 3 is 2.46 bits per heavy atom. The van der Waals surface area contributed by atoms with Gasteiger partial charge in [0.15, 0.2) is 6.10 Å². The molecule has 0 heterocycles. The molecule has 0 aromatic heterocycles. The van der Waals surface area contributed by atoms with Crippen molar-refractivity contribution in [2.24, 2.45) is 11.8 Å². The van der Waals surface area contributed by atoms with Crippen LogP contribution in [-0.2, 0) is 9.53 Å². The first-order chi connectivity index (χ1) is 11.4. The average Bonchev–Trinajstić information content (AvgIpc) is 2.58. The summed E-state index contributed by atoms with van der Waals surface area (Å²) >= 11 is 0. The van der Waals surface area contributed by atoms with E-state index in [1.807, 2.05) is 0 Å². The highest BCUT2D eigenvalue weighted by atomic mass is 16.5. The molecule has 132 valence electrons.